The highest BCUT2D eigenvalue weighted by atomic mass is 16.2. The van der Waals surface area contributed by atoms with Crippen LogP contribution in [-0.4, -0.2) is 31.1 Å². The van der Waals surface area contributed by atoms with Crippen LogP contribution >= 0.6 is 0 Å². The summed E-state index contributed by atoms with van der Waals surface area (Å²) in [4.78, 5) is 15.3. The molecule has 1 aromatic carbocycles. The Morgan fingerprint density at radius 2 is 1.67 bits per heavy atom. The minimum Gasteiger partial charge on any atom is -0.330 e. The van der Waals surface area contributed by atoms with Crippen LogP contribution in [0.2, 0.25) is 0 Å². The van der Waals surface area contributed by atoms with E-state index in [0.717, 1.165) is 5.69 Å². The maximum absolute atomic E-state index is 11.9. The fourth-order valence-electron chi connectivity index (χ4n) is 1.43. The van der Waals surface area contributed by atoms with E-state index in [1.54, 1.807) is 23.9 Å². The van der Waals surface area contributed by atoms with E-state index in [4.69, 9.17) is 0 Å². The Kier molecular flexibility index (Phi) is 3.72. The molecule has 0 saturated carbocycles. The number of carbonyl (C=O) groups excluding carboxylic acids is 1. The molecule has 0 radical (unpaired) electrons. The molecule has 0 spiro atoms. The lowest BCUT2D eigenvalue weighted by Crippen LogP contribution is -2.43. The van der Waals surface area contributed by atoms with E-state index in [1.807, 2.05) is 44.2 Å². The van der Waals surface area contributed by atoms with Gasteiger partial charge < -0.3 is 4.90 Å². The fraction of sp³-hybridized carbons (Fsp3) is 0.417. The van der Waals surface area contributed by atoms with Crippen LogP contribution in [0, 0.1) is 0 Å². The van der Waals surface area contributed by atoms with Crippen LogP contribution in [0.5, 0.6) is 0 Å². The van der Waals surface area contributed by atoms with Gasteiger partial charge in [0.05, 0.1) is 0 Å². The van der Waals surface area contributed by atoms with Gasteiger partial charge in [-0.1, -0.05) is 18.2 Å². The molecule has 0 aliphatic rings. The molecule has 0 saturated heterocycles. The summed E-state index contributed by atoms with van der Waals surface area (Å²) in [5.41, 5.74) is 0.936. The number of carbonyl (C=O) groups is 1. The second-order valence-corrected chi connectivity index (χ2v) is 3.98. The normalized spacial score (nSPS) is 10.2. The molecular weight excluding hydrogens is 188 g/mol. The first-order valence-corrected chi connectivity index (χ1v) is 5.09. The highest BCUT2D eigenvalue weighted by Gasteiger charge is 2.19. The number of rotatable bonds is 2. The molecule has 82 valence electrons. The second-order valence-electron chi connectivity index (χ2n) is 3.98. The molecule has 0 fully saturated rings. The van der Waals surface area contributed by atoms with Crippen LogP contribution in [0.1, 0.15) is 13.8 Å². The van der Waals surface area contributed by atoms with Crippen molar-refractivity contribution >= 4 is 11.7 Å². The lowest BCUT2D eigenvalue weighted by atomic mass is 10.2. The number of nitrogens with zero attached hydrogens (tertiary/aromatic N) is 2. The molecule has 0 aliphatic carbocycles. The predicted octanol–water partition coefficient (Wildman–Crippen LogP) is 2.58. The summed E-state index contributed by atoms with van der Waals surface area (Å²) in [7, 11) is 3.53. The van der Waals surface area contributed by atoms with Gasteiger partial charge in [-0.05, 0) is 26.0 Å². The van der Waals surface area contributed by atoms with E-state index in [0.29, 0.717) is 0 Å². The fourth-order valence-corrected chi connectivity index (χ4v) is 1.43. The largest absolute Gasteiger partial charge is 0.330 e. The minimum atomic E-state index is 0.0104. The molecule has 0 N–H and O–H groups in total. The van der Waals surface area contributed by atoms with E-state index in [-0.39, 0.29) is 12.1 Å². The van der Waals surface area contributed by atoms with Crippen molar-refractivity contribution in [2.24, 2.45) is 0 Å². The van der Waals surface area contributed by atoms with Crippen LogP contribution < -0.4 is 4.90 Å². The molecule has 0 aromatic heterocycles. The molecule has 0 unspecified atom stereocenters. The van der Waals surface area contributed by atoms with Crippen molar-refractivity contribution in [1.82, 2.24) is 4.90 Å². The van der Waals surface area contributed by atoms with Gasteiger partial charge in [0, 0.05) is 25.8 Å². The molecule has 1 aromatic rings. The Labute approximate surface area is 91.3 Å². The van der Waals surface area contributed by atoms with Crippen LogP contribution in [0.25, 0.3) is 0 Å². The zero-order valence-electron chi connectivity index (χ0n) is 9.77. The van der Waals surface area contributed by atoms with E-state index >= 15 is 0 Å². The maximum Gasteiger partial charge on any atom is 0.324 e. The minimum absolute atomic E-state index is 0.0104. The first-order chi connectivity index (χ1) is 7.04. The number of urea groups is 1. The Hall–Kier alpha value is -1.51. The lowest BCUT2D eigenvalue weighted by Gasteiger charge is -2.29. The Morgan fingerprint density at radius 3 is 2.07 bits per heavy atom. The van der Waals surface area contributed by atoms with E-state index in [9.17, 15) is 4.79 Å². The standard InChI is InChI=1S/C12H18N2O/c1-10(2)14(12(15)13(3)4)11-8-6-5-7-9-11/h5-10H,1-4H3. The van der Waals surface area contributed by atoms with Gasteiger partial charge in [0.1, 0.15) is 0 Å². The molecular formula is C12H18N2O. The van der Waals surface area contributed by atoms with Gasteiger partial charge in [0.15, 0.2) is 0 Å². The summed E-state index contributed by atoms with van der Waals surface area (Å²) in [6.45, 7) is 4.02. The van der Waals surface area contributed by atoms with Gasteiger partial charge in [0.2, 0.25) is 0 Å². The van der Waals surface area contributed by atoms with E-state index < -0.39 is 0 Å². The summed E-state index contributed by atoms with van der Waals surface area (Å²) in [5, 5.41) is 0. The first-order valence-electron chi connectivity index (χ1n) is 5.09. The lowest BCUT2D eigenvalue weighted by molar-refractivity contribution is 0.222. The van der Waals surface area contributed by atoms with Crippen molar-refractivity contribution in [2.45, 2.75) is 19.9 Å². The molecule has 0 atom stereocenters. The summed E-state index contributed by atoms with van der Waals surface area (Å²) in [6.07, 6.45) is 0. The number of hydrogen-bond donors (Lipinski definition) is 0. The van der Waals surface area contributed by atoms with Crippen molar-refractivity contribution in [1.29, 1.82) is 0 Å². The molecule has 15 heavy (non-hydrogen) atoms. The van der Waals surface area contributed by atoms with Gasteiger partial charge in [-0.15, -0.1) is 0 Å². The van der Waals surface area contributed by atoms with Gasteiger partial charge in [0.25, 0.3) is 0 Å². The molecule has 0 aliphatic heterocycles. The molecule has 3 nitrogen and oxygen atoms in total. The average Bonchev–Trinajstić information content (AvgIpc) is 2.18. The monoisotopic (exact) mass is 206 g/mol. The van der Waals surface area contributed by atoms with Crippen LogP contribution in [0.4, 0.5) is 10.5 Å². The predicted molar refractivity (Wildman–Crippen MR) is 63.1 cm³/mol. The smallest absolute Gasteiger partial charge is 0.324 e. The highest BCUT2D eigenvalue weighted by Crippen LogP contribution is 2.17. The van der Waals surface area contributed by atoms with E-state index in [2.05, 4.69) is 0 Å². The van der Waals surface area contributed by atoms with Crippen molar-refractivity contribution in [3.8, 4) is 0 Å². The third-order valence-electron chi connectivity index (χ3n) is 2.14. The third kappa shape index (κ3) is 2.72. The Morgan fingerprint density at radius 1 is 1.13 bits per heavy atom. The number of hydrogen-bond acceptors (Lipinski definition) is 1. The van der Waals surface area contributed by atoms with Crippen molar-refractivity contribution in [3.05, 3.63) is 30.3 Å². The second kappa shape index (κ2) is 4.82. The van der Waals surface area contributed by atoms with Crippen LogP contribution in [0.15, 0.2) is 30.3 Å². The average molecular weight is 206 g/mol. The summed E-state index contributed by atoms with van der Waals surface area (Å²) >= 11 is 0. The molecule has 0 heterocycles. The third-order valence-corrected chi connectivity index (χ3v) is 2.14. The number of amides is 2. The van der Waals surface area contributed by atoms with Crippen molar-refractivity contribution < 1.29 is 4.79 Å². The van der Waals surface area contributed by atoms with Gasteiger partial charge in [-0.2, -0.15) is 0 Å². The molecule has 3 heteroatoms. The van der Waals surface area contributed by atoms with Gasteiger partial charge >= 0.3 is 6.03 Å². The Balaban J connectivity index is 2.99. The number of anilines is 1. The molecule has 2 amide bonds. The quantitative estimate of drug-likeness (QED) is 0.729. The molecule has 0 bridgehead atoms. The zero-order valence-corrected chi connectivity index (χ0v) is 9.77. The topological polar surface area (TPSA) is 23.6 Å². The number of para-hydroxylation sites is 1. The van der Waals surface area contributed by atoms with Crippen LogP contribution in [-0.2, 0) is 0 Å². The highest BCUT2D eigenvalue weighted by molar-refractivity contribution is 5.92. The van der Waals surface area contributed by atoms with Gasteiger partial charge in [-0.25, -0.2) is 4.79 Å². The summed E-state index contributed by atoms with van der Waals surface area (Å²) in [5.74, 6) is 0. The van der Waals surface area contributed by atoms with Gasteiger partial charge in [-0.3, -0.25) is 4.90 Å². The Bertz CT molecular complexity index is 320. The number of benzene rings is 1. The summed E-state index contributed by atoms with van der Waals surface area (Å²) in [6, 6.07) is 9.88. The van der Waals surface area contributed by atoms with E-state index in [1.165, 1.54) is 0 Å². The SMILES string of the molecule is CC(C)N(C(=O)N(C)C)c1ccccc1. The first kappa shape index (κ1) is 11.6. The van der Waals surface area contributed by atoms with Crippen LogP contribution in [0.3, 0.4) is 0 Å². The molecule has 1 rings (SSSR count). The maximum atomic E-state index is 11.9. The van der Waals surface area contributed by atoms with Crippen molar-refractivity contribution in [3.63, 3.8) is 0 Å². The summed E-state index contributed by atoms with van der Waals surface area (Å²) < 4.78 is 0. The zero-order chi connectivity index (χ0) is 11.4. The van der Waals surface area contributed by atoms with Crippen molar-refractivity contribution in [2.75, 3.05) is 19.0 Å².